The Morgan fingerprint density at radius 2 is 2.06 bits per heavy atom. The van der Waals surface area contributed by atoms with Gasteiger partial charge in [0.25, 0.3) is 0 Å². The fourth-order valence-corrected chi connectivity index (χ4v) is 2.74. The molecule has 0 spiro atoms. The maximum Gasteiger partial charge on any atom is 0.324 e. The molecule has 100 valence electrons. The van der Waals surface area contributed by atoms with Crippen LogP contribution in [0.5, 0.6) is 0 Å². The molecular weight excluding hydrogens is 236 g/mol. The van der Waals surface area contributed by atoms with E-state index in [1.807, 2.05) is 0 Å². The predicted octanol–water partition coefficient (Wildman–Crippen LogP) is 0.962. The molecule has 1 saturated heterocycles. The van der Waals surface area contributed by atoms with E-state index in [0.717, 1.165) is 25.7 Å². The Kier molecular flexibility index (Phi) is 3.84. The molecule has 0 radical (unpaired) electrons. The first-order valence-corrected chi connectivity index (χ1v) is 6.43. The Morgan fingerprint density at radius 1 is 1.33 bits per heavy atom. The maximum absolute atomic E-state index is 12.2. The molecule has 2 fully saturated rings. The molecule has 0 aromatic rings. The molecule has 0 aromatic carbocycles. The summed E-state index contributed by atoms with van der Waals surface area (Å²) in [5.41, 5.74) is 0. The number of nitrogens with one attached hydrogen (secondary N) is 1. The van der Waals surface area contributed by atoms with Crippen LogP contribution >= 0.6 is 0 Å². The molecule has 3 amide bonds. The first-order valence-electron chi connectivity index (χ1n) is 6.43. The van der Waals surface area contributed by atoms with Crippen LogP contribution in [-0.2, 0) is 9.59 Å². The van der Waals surface area contributed by atoms with Crippen LogP contribution in [-0.4, -0.2) is 40.5 Å². The van der Waals surface area contributed by atoms with Crippen LogP contribution < -0.4 is 5.32 Å². The summed E-state index contributed by atoms with van der Waals surface area (Å²) in [5.74, 6) is -1.15. The average Bonchev–Trinajstić information content (AvgIpc) is 2.33. The minimum atomic E-state index is -0.907. The SMILES string of the molecule is O=C(O)CCCN1C(=O)NC2CCCCC2C1=O. The van der Waals surface area contributed by atoms with Crippen LogP contribution in [0.3, 0.4) is 0 Å². The van der Waals surface area contributed by atoms with Gasteiger partial charge in [0.2, 0.25) is 5.91 Å². The third-order valence-corrected chi connectivity index (χ3v) is 3.68. The minimum Gasteiger partial charge on any atom is -0.481 e. The van der Waals surface area contributed by atoms with Crippen LogP contribution in [0.15, 0.2) is 0 Å². The molecule has 1 heterocycles. The van der Waals surface area contributed by atoms with Crippen molar-refractivity contribution in [2.24, 2.45) is 5.92 Å². The van der Waals surface area contributed by atoms with Gasteiger partial charge in [0.05, 0.1) is 5.92 Å². The Labute approximate surface area is 105 Å². The predicted molar refractivity (Wildman–Crippen MR) is 62.9 cm³/mol. The van der Waals surface area contributed by atoms with Crippen molar-refractivity contribution in [2.45, 2.75) is 44.6 Å². The molecule has 0 aromatic heterocycles. The molecule has 2 N–H and O–H groups in total. The van der Waals surface area contributed by atoms with Crippen LogP contribution in [0.2, 0.25) is 0 Å². The number of amides is 3. The lowest BCUT2D eigenvalue weighted by Crippen LogP contribution is -2.60. The minimum absolute atomic E-state index is 0.0190. The summed E-state index contributed by atoms with van der Waals surface area (Å²) in [6, 6.07) is -0.386. The van der Waals surface area contributed by atoms with Gasteiger partial charge < -0.3 is 10.4 Å². The fraction of sp³-hybridized carbons (Fsp3) is 0.750. The molecule has 2 atom stereocenters. The zero-order chi connectivity index (χ0) is 13.1. The maximum atomic E-state index is 12.2. The van der Waals surface area contributed by atoms with Crippen molar-refractivity contribution in [3.63, 3.8) is 0 Å². The third-order valence-electron chi connectivity index (χ3n) is 3.68. The summed E-state index contributed by atoms with van der Waals surface area (Å²) >= 11 is 0. The highest BCUT2D eigenvalue weighted by Gasteiger charge is 2.41. The summed E-state index contributed by atoms with van der Waals surface area (Å²) in [5, 5.41) is 11.4. The van der Waals surface area contributed by atoms with Gasteiger partial charge in [-0.25, -0.2) is 4.79 Å². The van der Waals surface area contributed by atoms with Crippen molar-refractivity contribution in [2.75, 3.05) is 6.54 Å². The smallest absolute Gasteiger partial charge is 0.324 e. The lowest BCUT2D eigenvalue weighted by molar-refractivity contribution is -0.139. The van der Waals surface area contributed by atoms with Gasteiger partial charge in [-0.2, -0.15) is 0 Å². The highest BCUT2D eigenvalue weighted by Crippen LogP contribution is 2.29. The second-order valence-corrected chi connectivity index (χ2v) is 4.93. The molecular formula is C12H18N2O4. The number of carbonyl (C=O) groups excluding carboxylic acids is 2. The van der Waals surface area contributed by atoms with Crippen LogP contribution in [0.4, 0.5) is 4.79 Å². The summed E-state index contributed by atoms with van der Waals surface area (Å²) in [6.07, 6.45) is 4.04. The number of carbonyl (C=O) groups is 3. The first-order chi connectivity index (χ1) is 8.59. The molecule has 1 saturated carbocycles. The number of hydrogen-bond donors (Lipinski definition) is 2. The number of hydrogen-bond acceptors (Lipinski definition) is 3. The van der Waals surface area contributed by atoms with E-state index in [2.05, 4.69) is 5.32 Å². The fourth-order valence-electron chi connectivity index (χ4n) is 2.74. The molecule has 6 heteroatoms. The van der Waals surface area contributed by atoms with E-state index >= 15 is 0 Å². The van der Waals surface area contributed by atoms with Crippen molar-refractivity contribution < 1.29 is 19.5 Å². The summed E-state index contributed by atoms with van der Waals surface area (Å²) in [4.78, 5) is 35.5. The van der Waals surface area contributed by atoms with Crippen molar-refractivity contribution >= 4 is 17.9 Å². The van der Waals surface area contributed by atoms with Gasteiger partial charge in [0.15, 0.2) is 0 Å². The highest BCUT2D eigenvalue weighted by atomic mass is 16.4. The number of aliphatic carboxylic acids is 1. The van der Waals surface area contributed by atoms with Gasteiger partial charge in [-0.05, 0) is 19.3 Å². The van der Waals surface area contributed by atoms with Crippen molar-refractivity contribution in [3.05, 3.63) is 0 Å². The topological polar surface area (TPSA) is 86.7 Å². The molecule has 1 aliphatic heterocycles. The van der Waals surface area contributed by atoms with Crippen molar-refractivity contribution in [1.29, 1.82) is 0 Å². The van der Waals surface area contributed by atoms with E-state index in [-0.39, 0.29) is 36.9 Å². The van der Waals surface area contributed by atoms with Crippen LogP contribution in [0.25, 0.3) is 0 Å². The summed E-state index contributed by atoms with van der Waals surface area (Å²) in [7, 11) is 0. The van der Waals surface area contributed by atoms with E-state index in [4.69, 9.17) is 5.11 Å². The Morgan fingerprint density at radius 3 is 2.78 bits per heavy atom. The number of urea groups is 1. The Hall–Kier alpha value is -1.59. The number of carboxylic acid groups (broad SMARTS) is 1. The third kappa shape index (κ3) is 2.63. The molecule has 2 rings (SSSR count). The van der Waals surface area contributed by atoms with E-state index < -0.39 is 5.97 Å². The van der Waals surface area contributed by atoms with Crippen LogP contribution in [0, 0.1) is 5.92 Å². The zero-order valence-corrected chi connectivity index (χ0v) is 10.2. The normalized spacial score (nSPS) is 27.7. The number of imide groups is 1. The number of nitrogens with zero attached hydrogens (tertiary/aromatic N) is 1. The molecule has 2 aliphatic rings. The second kappa shape index (κ2) is 5.37. The average molecular weight is 254 g/mol. The van der Waals surface area contributed by atoms with Crippen molar-refractivity contribution in [1.82, 2.24) is 10.2 Å². The monoisotopic (exact) mass is 254 g/mol. The number of carboxylic acids is 1. The zero-order valence-electron chi connectivity index (χ0n) is 10.2. The van der Waals surface area contributed by atoms with Crippen LogP contribution in [0.1, 0.15) is 38.5 Å². The Balaban J connectivity index is 1.95. The molecule has 18 heavy (non-hydrogen) atoms. The van der Waals surface area contributed by atoms with Gasteiger partial charge >= 0.3 is 12.0 Å². The van der Waals surface area contributed by atoms with Gasteiger partial charge in [-0.1, -0.05) is 12.8 Å². The van der Waals surface area contributed by atoms with Gasteiger partial charge in [-0.3, -0.25) is 14.5 Å². The van der Waals surface area contributed by atoms with Crippen molar-refractivity contribution in [3.8, 4) is 0 Å². The molecule has 6 nitrogen and oxygen atoms in total. The van der Waals surface area contributed by atoms with Gasteiger partial charge in [0.1, 0.15) is 0 Å². The Bertz CT molecular complexity index is 369. The van der Waals surface area contributed by atoms with E-state index in [0.29, 0.717) is 6.42 Å². The number of rotatable bonds is 4. The first kappa shape index (κ1) is 12.9. The molecule has 0 bridgehead atoms. The molecule has 1 aliphatic carbocycles. The number of fused-ring (bicyclic) bond motifs is 1. The van der Waals surface area contributed by atoms with Gasteiger partial charge in [0, 0.05) is 19.0 Å². The lowest BCUT2D eigenvalue weighted by atomic mass is 9.82. The molecule has 2 unspecified atom stereocenters. The summed E-state index contributed by atoms with van der Waals surface area (Å²) < 4.78 is 0. The quantitative estimate of drug-likeness (QED) is 0.782. The lowest BCUT2D eigenvalue weighted by Gasteiger charge is -2.39. The van der Waals surface area contributed by atoms with E-state index in [1.165, 1.54) is 4.90 Å². The second-order valence-electron chi connectivity index (χ2n) is 4.93. The van der Waals surface area contributed by atoms with E-state index in [9.17, 15) is 14.4 Å². The summed E-state index contributed by atoms with van der Waals surface area (Å²) in [6.45, 7) is 0.195. The standard InChI is InChI=1S/C12H18N2O4/c15-10(16)6-3-7-14-11(17)8-4-1-2-5-9(8)13-12(14)18/h8-9H,1-7H2,(H,13,18)(H,15,16). The highest BCUT2D eigenvalue weighted by molar-refractivity contribution is 5.98. The van der Waals surface area contributed by atoms with E-state index in [1.54, 1.807) is 0 Å². The van der Waals surface area contributed by atoms with Gasteiger partial charge in [-0.15, -0.1) is 0 Å². The largest absolute Gasteiger partial charge is 0.481 e.